The molecule has 1 rings (SSSR count). The molecule has 1 fully saturated rings. The first kappa shape index (κ1) is 13.5. The third kappa shape index (κ3) is 4.49. The van der Waals surface area contributed by atoms with E-state index in [9.17, 15) is 4.79 Å². The Balaban J connectivity index is 2.28. The zero-order valence-electron chi connectivity index (χ0n) is 10.4. The molecular weight excluding hydrogens is 204 g/mol. The van der Waals surface area contributed by atoms with Crippen LogP contribution >= 0.6 is 0 Å². The number of rotatable bonds is 6. The van der Waals surface area contributed by atoms with E-state index in [0.29, 0.717) is 12.7 Å². The van der Waals surface area contributed by atoms with E-state index in [4.69, 9.17) is 10.5 Å². The van der Waals surface area contributed by atoms with Crippen LogP contribution < -0.4 is 11.1 Å². The number of ether oxygens (including phenoxy) is 1. The number of hydrogen-bond acceptors (Lipinski definition) is 3. The first-order valence-corrected chi connectivity index (χ1v) is 6.27. The molecule has 0 aromatic heterocycles. The van der Waals surface area contributed by atoms with Crippen molar-refractivity contribution in [3.8, 4) is 0 Å². The van der Waals surface area contributed by atoms with Crippen LogP contribution in [-0.2, 0) is 9.53 Å². The first-order chi connectivity index (χ1) is 7.63. The van der Waals surface area contributed by atoms with Crippen LogP contribution in [0.1, 0.15) is 39.5 Å². The van der Waals surface area contributed by atoms with E-state index in [-0.39, 0.29) is 11.9 Å². The lowest BCUT2D eigenvalue weighted by Gasteiger charge is -2.28. The van der Waals surface area contributed by atoms with Gasteiger partial charge >= 0.3 is 0 Å². The van der Waals surface area contributed by atoms with E-state index >= 15 is 0 Å². The summed E-state index contributed by atoms with van der Waals surface area (Å²) in [5, 5.41) is 3.03. The molecular formula is C12H24N2O2. The summed E-state index contributed by atoms with van der Waals surface area (Å²) in [6, 6.07) is -0.345. The number of carbonyl (C=O) groups excluding carboxylic acids is 1. The summed E-state index contributed by atoms with van der Waals surface area (Å²) >= 11 is 0. The fourth-order valence-electron chi connectivity index (χ4n) is 2.25. The summed E-state index contributed by atoms with van der Waals surface area (Å²) < 4.78 is 5.77. The fraction of sp³-hybridized carbons (Fsp3) is 0.917. The molecule has 0 heterocycles. The standard InChI is InChI=1S/C12H24N2O2/c1-3-14-11(12(13)15)8-16-10-6-4-5-9(2)7-10/h9-11,14H,3-8H2,1-2H3,(H2,13,15). The monoisotopic (exact) mass is 228 g/mol. The van der Waals surface area contributed by atoms with Gasteiger partial charge in [0.1, 0.15) is 6.04 Å². The van der Waals surface area contributed by atoms with Gasteiger partial charge in [0.25, 0.3) is 0 Å². The van der Waals surface area contributed by atoms with Gasteiger partial charge in [-0.25, -0.2) is 0 Å². The quantitative estimate of drug-likeness (QED) is 0.714. The van der Waals surface area contributed by atoms with Crippen molar-refractivity contribution in [3.05, 3.63) is 0 Å². The molecule has 1 saturated carbocycles. The number of amides is 1. The molecule has 0 saturated heterocycles. The molecule has 0 aliphatic heterocycles. The maximum Gasteiger partial charge on any atom is 0.236 e. The van der Waals surface area contributed by atoms with Gasteiger partial charge in [-0.05, 0) is 25.3 Å². The minimum Gasteiger partial charge on any atom is -0.376 e. The largest absolute Gasteiger partial charge is 0.376 e. The predicted octanol–water partition coefficient (Wildman–Crippen LogP) is 1.05. The second kappa shape index (κ2) is 6.86. The van der Waals surface area contributed by atoms with Crippen LogP contribution in [0.4, 0.5) is 0 Å². The average molecular weight is 228 g/mol. The molecule has 0 aromatic carbocycles. The Morgan fingerprint density at radius 3 is 2.88 bits per heavy atom. The van der Waals surface area contributed by atoms with Gasteiger partial charge in [0.2, 0.25) is 5.91 Å². The molecule has 1 amide bonds. The normalized spacial score (nSPS) is 27.6. The molecule has 16 heavy (non-hydrogen) atoms. The van der Waals surface area contributed by atoms with Gasteiger partial charge in [0.05, 0.1) is 12.7 Å². The van der Waals surface area contributed by atoms with Crippen LogP contribution in [0.5, 0.6) is 0 Å². The van der Waals surface area contributed by atoms with Crippen molar-refractivity contribution in [2.45, 2.75) is 51.7 Å². The minimum absolute atomic E-state index is 0.309. The smallest absolute Gasteiger partial charge is 0.236 e. The van der Waals surface area contributed by atoms with Crippen LogP contribution in [0, 0.1) is 5.92 Å². The van der Waals surface area contributed by atoms with Crippen LogP contribution in [0.2, 0.25) is 0 Å². The van der Waals surface area contributed by atoms with Crippen molar-refractivity contribution in [1.29, 1.82) is 0 Å². The maximum atomic E-state index is 11.1. The van der Waals surface area contributed by atoms with Gasteiger partial charge in [-0.2, -0.15) is 0 Å². The van der Waals surface area contributed by atoms with Gasteiger partial charge in [0, 0.05) is 0 Å². The Morgan fingerprint density at radius 1 is 1.56 bits per heavy atom. The van der Waals surface area contributed by atoms with E-state index < -0.39 is 0 Å². The topological polar surface area (TPSA) is 64.3 Å². The van der Waals surface area contributed by atoms with Crippen molar-refractivity contribution >= 4 is 5.91 Å². The van der Waals surface area contributed by atoms with Crippen LogP contribution in [0.3, 0.4) is 0 Å². The number of carbonyl (C=O) groups is 1. The van der Waals surface area contributed by atoms with Crippen molar-refractivity contribution in [2.24, 2.45) is 11.7 Å². The molecule has 1 aliphatic rings. The minimum atomic E-state index is -0.345. The Labute approximate surface area is 97.9 Å². The zero-order chi connectivity index (χ0) is 12.0. The van der Waals surface area contributed by atoms with Crippen LogP contribution in [0.15, 0.2) is 0 Å². The number of likely N-dealkylation sites (N-methyl/N-ethyl adjacent to an activating group) is 1. The maximum absolute atomic E-state index is 11.1. The Morgan fingerprint density at radius 2 is 2.31 bits per heavy atom. The summed E-state index contributed by atoms with van der Waals surface area (Å²) in [4.78, 5) is 11.1. The summed E-state index contributed by atoms with van der Waals surface area (Å²) in [6.45, 7) is 5.35. The van der Waals surface area contributed by atoms with E-state index in [1.165, 1.54) is 12.8 Å². The number of hydrogen-bond donors (Lipinski definition) is 2. The number of primary amides is 1. The number of nitrogens with one attached hydrogen (secondary N) is 1. The molecule has 0 radical (unpaired) electrons. The molecule has 0 bridgehead atoms. The lowest BCUT2D eigenvalue weighted by atomic mass is 9.89. The highest BCUT2D eigenvalue weighted by Gasteiger charge is 2.22. The number of nitrogens with two attached hydrogens (primary N) is 1. The molecule has 94 valence electrons. The van der Waals surface area contributed by atoms with Crippen molar-refractivity contribution in [2.75, 3.05) is 13.2 Å². The highest BCUT2D eigenvalue weighted by molar-refractivity contribution is 5.79. The second-order valence-corrected chi connectivity index (χ2v) is 4.74. The third-order valence-corrected chi connectivity index (χ3v) is 3.18. The molecule has 0 aromatic rings. The van der Waals surface area contributed by atoms with Gasteiger partial charge in [0.15, 0.2) is 0 Å². The lowest BCUT2D eigenvalue weighted by Crippen LogP contribution is -2.45. The van der Waals surface area contributed by atoms with Crippen molar-refractivity contribution in [3.63, 3.8) is 0 Å². The SMILES string of the molecule is CCNC(COC1CCCC(C)C1)C(N)=O. The molecule has 3 unspecified atom stereocenters. The van der Waals surface area contributed by atoms with E-state index in [1.807, 2.05) is 6.92 Å². The van der Waals surface area contributed by atoms with Crippen LogP contribution in [-0.4, -0.2) is 31.2 Å². The third-order valence-electron chi connectivity index (χ3n) is 3.18. The molecule has 3 atom stereocenters. The highest BCUT2D eigenvalue weighted by Crippen LogP contribution is 2.25. The highest BCUT2D eigenvalue weighted by atomic mass is 16.5. The van der Waals surface area contributed by atoms with Crippen molar-refractivity contribution in [1.82, 2.24) is 5.32 Å². The van der Waals surface area contributed by atoms with E-state index in [0.717, 1.165) is 25.3 Å². The van der Waals surface area contributed by atoms with E-state index in [1.54, 1.807) is 0 Å². The Hall–Kier alpha value is -0.610. The predicted molar refractivity (Wildman–Crippen MR) is 64.0 cm³/mol. The fourth-order valence-corrected chi connectivity index (χ4v) is 2.25. The Bertz CT molecular complexity index is 221. The summed E-state index contributed by atoms with van der Waals surface area (Å²) in [6.07, 6.45) is 5.06. The molecule has 4 nitrogen and oxygen atoms in total. The molecule has 4 heteroatoms. The molecule has 1 aliphatic carbocycles. The second-order valence-electron chi connectivity index (χ2n) is 4.74. The van der Waals surface area contributed by atoms with Gasteiger partial charge < -0.3 is 15.8 Å². The Kier molecular flexibility index (Phi) is 5.77. The molecule has 3 N–H and O–H groups in total. The van der Waals surface area contributed by atoms with Gasteiger partial charge in [-0.3, -0.25) is 4.79 Å². The average Bonchev–Trinajstić information content (AvgIpc) is 2.24. The summed E-state index contributed by atoms with van der Waals surface area (Å²) in [7, 11) is 0. The van der Waals surface area contributed by atoms with Gasteiger partial charge in [-0.15, -0.1) is 0 Å². The first-order valence-electron chi connectivity index (χ1n) is 6.27. The van der Waals surface area contributed by atoms with Crippen LogP contribution in [0.25, 0.3) is 0 Å². The van der Waals surface area contributed by atoms with Gasteiger partial charge in [-0.1, -0.05) is 26.7 Å². The lowest BCUT2D eigenvalue weighted by molar-refractivity contribution is -0.122. The summed E-state index contributed by atoms with van der Waals surface area (Å²) in [5.74, 6) is 0.413. The summed E-state index contributed by atoms with van der Waals surface area (Å²) in [5.41, 5.74) is 5.28. The zero-order valence-corrected chi connectivity index (χ0v) is 10.4. The van der Waals surface area contributed by atoms with Crippen molar-refractivity contribution < 1.29 is 9.53 Å². The van der Waals surface area contributed by atoms with E-state index in [2.05, 4.69) is 12.2 Å². The molecule has 0 spiro atoms.